The second-order valence-electron chi connectivity index (χ2n) is 4.12. The molecule has 0 aromatic carbocycles. The Bertz CT molecular complexity index is 528. The number of hydrogen-bond acceptors (Lipinski definition) is 7. The Balaban J connectivity index is 1.93. The number of aromatic nitrogens is 3. The van der Waals surface area contributed by atoms with E-state index in [0.29, 0.717) is 42.2 Å². The van der Waals surface area contributed by atoms with Gasteiger partial charge < -0.3 is 20.1 Å². The van der Waals surface area contributed by atoms with Crippen LogP contribution in [0, 0.1) is 6.92 Å². The first-order chi connectivity index (χ1) is 9.22. The molecule has 7 nitrogen and oxygen atoms in total. The summed E-state index contributed by atoms with van der Waals surface area (Å²) in [5.41, 5.74) is 1.83. The number of pyridine rings is 1. The Morgan fingerprint density at radius 2 is 2.21 bits per heavy atom. The van der Waals surface area contributed by atoms with Gasteiger partial charge in [0.25, 0.3) is 0 Å². The summed E-state index contributed by atoms with van der Waals surface area (Å²) in [6.45, 7) is 2.65. The maximum atomic E-state index is 9.94. The molecule has 0 saturated carbocycles. The van der Waals surface area contributed by atoms with Crippen LogP contribution >= 0.6 is 0 Å². The lowest BCUT2D eigenvalue weighted by Crippen LogP contribution is -2.18. The molecule has 0 fully saturated rings. The molecule has 2 rings (SSSR count). The summed E-state index contributed by atoms with van der Waals surface area (Å²) >= 11 is 0. The van der Waals surface area contributed by atoms with Gasteiger partial charge in [0.2, 0.25) is 5.89 Å². The van der Waals surface area contributed by atoms with Gasteiger partial charge in [0, 0.05) is 36.8 Å². The molecule has 0 spiro atoms. The minimum absolute atomic E-state index is 0.122. The molecular weight excluding hydrogens is 248 g/mol. The lowest BCUT2D eigenvalue weighted by Gasteiger charge is -2.11. The van der Waals surface area contributed by atoms with Crippen LogP contribution in [0.25, 0.3) is 0 Å². The van der Waals surface area contributed by atoms with Crippen LogP contribution in [-0.4, -0.2) is 31.9 Å². The third kappa shape index (κ3) is 3.27. The largest absolute Gasteiger partial charge is 0.506 e. The summed E-state index contributed by atoms with van der Waals surface area (Å²) in [4.78, 5) is 7.92. The van der Waals surface area contributed by atoms with Crippen molar-refractivity contribution in [2.75, 3.05) is 6.54 Å². The van der Waals surface area contributed by atoms with Crippen molar-refractivity contribution >= 4 is 0 Å². The number of hydrogen-bond donors (Lipinski definition) is 3. The van der Waals surface area contributed by atoms with E-state index >= 15 is 0 Å². The van der Waals surface area contributed by atoms with Crippen molar-refractivity contribution in [2.45, 2.75) is 26.5 Å². The third-order valence-electron chi connectivity index (χ3n) is 2.82. The number of aliphatic hydroxyl groups excluding tert-OH is 1. The molecule has 3 N–H and O–H groups in total. The number of aryl methyl sites for hydroxylation is 1. The van der Waals surface area contributed by atoms with Crippen molar-refractivity contribution in [2.24, 2.45) is 0 Å². The molecule has 0 aliphatic heterocycles. The van der Waals surface area contributed by atoms with E-state index in [1.807, 2.05) is 0 Å². The van der Waals surface area contributed by atoms with Crippen LogP contribution in [0.15, 0.2) is 17.0 Å². The average molecular weight is 264 g/mol. The molecule has 7 heteroatoms. The van der Waals surface area contributed by atoms with Crippen molar-refractivity contribution in [3.05, 3.63) is 35.2 Å². The Hall–Kier alpha value is -1.99. The van der Waals surface area contributed by atoms with Crippen LogP contribution in [-0.2, 0) is 19.6 Å². The van der Waals surface area contributed by atoms with E-state index in [-0.39, 0.29) is 12.4 Å². The quantitative estimate of drug-likeness (QED) is 0.645. The maximum absolute atomic E-state index is 9.94. The normalized spacial score (nSPS) is 10.8. The zero-order chi connectivity index (χ0) is 13.7. The minimum Gasteiger partial charge on any atom is -0.506 e. The summed E-state index contributed by atoms with van der Waals surface area (Å²) in [6.07, 6.45) is 3.54. The summed E-state index contributed by atoms with van der Waals surface area (Å²) in [6, 6.07) is 0. The van der Waals surface area contributed by atoms with E-state index in [2.05, 4.69) is 20.4 Å². The summed E-state index contributed by atoms with van der Waals surface area (Å²) in [5, 5.41) is 25.8. The number of nitrogens with zero attached hydrogens (tertiary/aromatic N) is 3. The van der Waals surface area contributed by atoms with Crippen molar-refractivity contribution in [3.63, 3.8) is 0 Å². The first-order valence-corrected chi connectivity index (χ1v) is 5.95. The molecule has 2 heterocycles. The number of aromatic hydroxyl groups is 1. The highest BCUT2D eigenvalue weighted by Crippen LogP contribution is 2.23. The summed E-state index contributed by atoms with van der Waals surface area (Å²) < 4.78 is 4.87. The fourth-order valence-electron chi connectivity index (χ4n) is 1.73. The molecule has 2 aromatic heterocycles. The van der Waals surface area contributed by atoms with Gasteiger partial charge in [-0.15, -0.1) is 0 Å². The van der Waals surface area contributed by atoms with E-state index in [4.69, 9.17) is 4.52 Å². The standard InChI is InChI=1S/C12H16N4O3/c1-8-12(18)10(9(6-17)4-14-8)5-13-3-2-11-15-7-16-19-11/h4,7,13,17-18H,2-3,5-6H2,1H3. The van der Waals surface area contributed by atoms with Crippen LogP contribution in [0.5, 0.6) is 5.75 Å². The van der Waals surface area contributed by atoms with Crippen molar-refractivity contribution in [1.82, 2.24) is 20.4 Å². The van der Waals surface area contributed by atoms with Gasteiger partial charge in [-0.1, -0.05) is 5.16 Å². The molecule has 0 amide bonds. The molecule has 0 atom stereocenters. The zero-order valence-electron chi connectivity index (χ0n) is 10.6. The van der Waals surface area contributed by atoms with Gasteiger partial charge in [0.05, 0.1) is 12.3 Å². The Kier molecular flexibility index (Phi) is 4.43. The fraction of sp³-hybridized carbons (Fsp3) is 0.417. The highest BCUT2D eigenvalue weighted by Gasteiger charge is 2.10. The molecule has 0 unspecified atom stereocenters. The topological polar surface area (TPSA) is 104 Å². The van der Waals surface area contributed by atoms with Gasteiger partial charge in [-0.2, -0.15) is 4.98 Å². The predicted octanol–water partition coefficient (Wildman–Crippen LogP) is 0.303. The number of rotatable bonds is 6. The van der Waals surface area contributed by atoms with Crippen LogP contribution < -0.4 is 5.32 Å². The first-order valence-electron chi connectivity index (χ1n) is 5.95. The molecule has 102 valence electrons. The highest BCUT2D eigenvalue weighted by atomic mass is 16.5. The SMILES string of the molecule is Cc1ncc(CO)c(CNCCc2ncno2)c1O. The summed E-state index contributed by atoms with van der Waals surface area (Å²) in [5.74, 6) is 0.682. The van der Waals surface area contributed by atoms with Crippen molar-refractivity contribution in [1.29, 1.82) is 0 Å². The third-order valence-corrected chi connectivity index (χ3v) is 2.82. The number of nitrogens with one attached hydrogen (secondary N) is 1. The Labute approximate surface area is 110 Å². The second kappa shape index (κ2) is 6.26. The van der Waals surface area contributed by atoms with E-state index in [9.17, 15) is 10.2 Å². The van der Waals surface area contributed by atoms with E-state index < -0.39 is 0 Å². The molecule has 0 saturated heterocycles. The van der Waals surface area contributed by atoms with E-state index in [0.717, 1.165) is 0 Å². The molecule has 0 aliphatic carbocycles. The van der Waals surface area contributed by atoms with E-state index in [1.165, 1.54) is 6.33 Å². The smallest absolute Gasteiger partial charge is 0.227 e. The van der Waals surface area contributed by atoms with Crippen LogP contribution in [0.2, 0.25) is 0 Å². The van der Waals surface area contributed by atoms with Gasteiger partial charge in [0.1, 0.15) is 5.75 Å². The zero-order valence-corrected chi connectivity index (χ0v) is 10.6. The van der Waals surface area contributed by atoms with E-state index in [1.54, 1.807) is 13.1 Å². The highest BCUT2D eigenvalue weighted by molar-refractivity contribution is 5.40. The van der Waals surface area contributed by atoms with Gasteiger partial charge >= 0.3 is 0 Å². The molecular formula is C12H16N4O3. The predicted molar refractivity (Wildman–Crippen MR) is 66.3 cm³/mol. The van der Waals surface area contributed by atoms with Crippen molar-refractivity contribution in [3.8, 4) is 5.75 Å². The summed E-state index contributed by atoms with van der Waals surface area (Å²) in [7, 11) is 0. The molecule has 0 radical (unpaired) electrons. The molecule has 2 aromatic rings. The van der Waals surface area contributed by atoms with Gasteiger partial charge in [-0.05, 0) is 6.92 Å². The number of aliphatic hydroxyl groups is 1. The fourth-order valence-corrected chi connectivity index (χ4v) is 1.73. The Morgan fingerprint density at radius 3 is 2.89 bits per heavy atom. The average Bonchev–Trinajstić information content (AvgIpc) is 2.92. The monoisotopic (exact) mass is 264 g/mol. The van der Waals surface area contributed by atoms with Crippen LogP contribution in [0.4, 0.5) is 0 Å². The Morgan fingerprint density at radius 1 is 1.37 bits per heavy atom. The van der Waals surface area contributed by atoms with Gasteiger partial charge in [-0.25, -0.2) is 0 Å². The van der Waals surface area contributed by atoms with Crippen LogP contribution in [0.3, 0.4) is 0 Å². The van der Waals surface area contributed by atoms with Crippen molar-refractivity contribution < 1.29 is 14.7 Å². The van der Waals surface area contributed by atoms with Gasteiger partial charge in [0.15, 0.2) is 6.33 Å². The molecule has 0 bridgehead atoms. The molecule has 19 heavy (non-hydrogen) atoms. The minimum atomic E-state index is -0.151. The second-order valence-corrected chi connectivity index (χ2v) is 4.12. The lowest BCUT2D eigenvalue weighted by atomic mass is 10.1. The first kappa shape index (κ1) is 13.4. The maximum Gasteiger partial charge on any atom is 0.227 e. The van der Waals surface area contributed by atoms with Crippen LogP contribution in [0.1, 0.15) is 22.7 Å². The lowest BCUT2D eigenvalue weighted by molar-refractivity contribution is 0.278. The van der Waals surface area contributed by atoms with Gasteiger partial charge in [-0.3, -0.25) is 4.98 Å². The molecule has 0 aliphatic rings.